The first-order valence-electron chi connectivity index (χ1n) is 6.09. The molecule has 0 aromatic heterocycles. The summed E-state index contributed by atoms with van der Waals surface area (Å²) in [4.78, 5) is 0. The lowest BCUT2D eigenvalue weighted by molar-refractivity contribution is 0.366. The maximum atomic E-state index is 13.7. The summed E-state index contributed by atoms with van der Waals surface area (Å²) >= 11 is 3.40. The van der Waals surface area contributed by atoms with Gasteiger partial charge in [-0.15, -0.1) is 0 Å². The third-order valence-corrected chi connectivity index (χ3v) is 4.29. The summed E-state index contributed by atoms with van der Waals surface area (Å²) in [6.07, 6.45) is 2.28. The van der Waals surface area contributed by atoms with Crippen molar-refractivity contribution >= 4 is 21.6 Å². The fourth-order valence-corrected chi connectivity index (χ4v) is 3.36. The van der Waals surface area contributed by atoms with Crippen LogP contribution in [0.3, 0.4) is 0 Å². The number of rotatable bonds is 2. The number of para-hydroxylation sites is 1. The van der Waals surface area contributed by atoms with Gasteiger partial charge < -0.3 is 5.32 Å². The van der Waals surface area contributed by atoms with Crippen LogP contribution in [0.25, 0.3) is 0 Å². The summed E-state index contributed by atoms with van der Waals surface area (Å²) in [5.74, 6) is 0.396. The second-order valence-corrected chi connectivity index (χ2v) is 6.75. The molecule has 17 heavy (non-hydrogen) atoms. The summed E-state index contributed by atoms with van der Waals surface area (Å²) in [5, 5.41) is 3.36. The van der Waals surface area contributed by atoms with Crippen LogP contribution in [0.15, 0.2) is 22.7 Å². The zero-order valence-electron chi connectivity index (χ0n) is 10.6. The summed E-state index contributed by atoms with van der Waals surface area (Å²) in [5.41, 5.74) is 0.955. The van der Waals surface area contributed by atoms with Crippen LogP contribution in [0.2, 0.25) is 0 Å². The van der Waals surface area contributed by atoms with Gasteiger partial charge in [-0.3, -0.25) is 0 Å². The minimum absolute atomic E-state index is 0.184. The molecule has 2 rings (SSSR count). The average molecular weight is 300 g/mol. The first-order valence-corrected chi connectivity index (χ1v) is 6.89. The van der Waals surface area contributed by atoms with Crippen molar-refractivity contribution in [1.82, 2.24) is 0 Å². The number of hydrogen-bond acceptors (Lipinski definition) is 1. The molecule has 1 aliphatic carbocycles. The van der Waals surface area contributed by atoms with Crippen LogP contribution in [-0.4, -0.2) is 6.04 Å². The highest BCUT2D eigenvalue weighted by molar-refractivity contribution is 9.10. The van der Waals surface area contributed by atoms with E-state index in [9.17, 15) is 4.39 Å². The molecule has 2 atom stereocenters. The molecule has 2 unspecified atom stereocenters. The Morgan fingerprint density at radius 2 is 2.06 bits per heavy atom. The zero-order chi connectivity index (χ0) is 12.6. The standard InChI is InChI=1S/C14H19BrFN/c1-9-7-14(2,3)8-12(9)17-13-10(15)5-4-6-11(13)16/h4-6,9,12,17H,7-8H2,1-3H3. The Kier molecular flexibility index (Phi) is 3.48. The van der Waals surface area contributed by atoms with E-state index in [1.54, 1.807) is 6.07 Å². The Balaban J connectivity index is 2.17. The van der Waals surface area contributed by atoms with Crippen molar-refractivity contribution < 1.29 is 4.39 Å². The van der Waals surface area contributed by atoms with Gasteiger partial charge in [-0.1, -0.05) is 26.8 Å². The Labute approximate surface area is 111 Å². The van der Waals surface area contributed by atoms with E-state index < -0.39 is 0 Å². The minimum Gasteiger partial charge on any atom is -0.379 e. The third-order valence-electron chi connectivity index (χ3n) is 3.63. The van der Waals surface area contributed by atoms with Gasteiger partial charge in [0, 0.05) is 10.5 Å². The van der Waals surface area contributed by atoms with Crippen LogP contribution in [0, 0.1) is 17.2 Å². The maximum Gasteiger partial charge on any atom is 0.147 e. The summed E-state index contributed by atoms with van der Waals surface area (Å²) in [6, 6.07) is 5.44. The van der Waals surface area contributed by atoms with Gasteiger partial charge in [0.15, 0.2) is 0 Å². The first kappa shape index (κ1) is 12.9. The molecule has 0 amide bonds. The van der Waals surface area contributed by atoms with E-state index in [4.69, 9.17) is 0 Å². The predicted octanol–water partition coefficient (Wildman–Crippen LogP) is 4.82. The van der Waals surface area contributed by atoms with Crippen molar-refractivity contribution in [2.24, 2.45) is 11.3 Å². The maximum absolute atomic E-state index is 13.7. The molecule has 0 radical (unpaired) electrons. The molecule has 1 fully saturated rings. The molecule has 1 aliphatic rings. The van der Waals surface area contributed by atoms with Crippen LogP contribution >= 0.6 is 15.9 Å². The number of anilines is 1. The zero-order valence-corrected chi connectivity index (χ0v) is 12.1. The van der Waals surface area contributed by atoms with Gasteiger partial charge in [0.2, 0.25) is 0 Å². The molecular formula is C14H19BrFN. The van der Waals surface area contributed by atoms with E-state index in [0.29, 0.717) is 23.1 Å². The van der Waals surface area contributed by atoms with Gasteiger partial charge in [0.25, 0.3) is 0 Å². The second-order valence-electron chi connectivity index (χ2n) is 5.90. The number of hydrogen-bond donors (Lipinski definition) is 1. The molecule has 0 bridgehead atoms. The lowest BCUT2D eigenvalue weighted by Crippen LogP contribution is -2.23. The second kappa shape index (κ2) is 4.60. The van der Waals surface area contributed by atoms with Crippen LogP contribution in [0.4, 0.5) is 10.1 Å². The molecule has 0 spiro atoms. The van der Waals surface area contributed by atoms with E-state index in [2.05, 4.69) is 42.0 Å². The fourth-order valence-electron chi connectivity index (χ4n) is 2.91. The van der Waals surface area contributed by atoms with Gasteiger partial charge in [-0.2, -0.15) is 0 Å². The third kappa shape index (κ3) is 2.82. The quantitative estimate of drug-likeness (QED) is 0.825. The van der Waals surface area contributed by atoms with Gasteiger partial charge >= 0.3 is 0 Å². The van der Waals surface area contributed by atoms with Crippen molar-refractivity contribution in [2.75, 3.05) is 5.32 Å². The molecule has 1 saturated carbocycles. The lowest BCUT2D eigenvalue weighted by Gasteiger charge is -2.21. The van der Waals surface area contributed by atoms with Crippen molar-refractivity contribution in [3.63, 3.8) is 0 Å². The Hall–Kier alpha value is -0.570. The van der Waals surface area contributed by atoms with Crippen LogP contribution in [0.5, 0.6) is 0 Å². The molecule has 1 N–H and O–H groups in total. The first-order chi connectivity index (χ1) is 7.89. The van der Waals surface area contributed by atoms with E-state index in [-0.39, 0.29) is 5.82 Å². The molecule has 0 saturated heterocycles. The van der Waals surface area contributed by atoms with Crippen molar-refractivity contribution in [3.8, 4) is 0 Å². The van der Waals surface area contributed by atoms with Gasteiger partial charge in [0.1, 0.15) is 5.82 Å². The molecule has 0 heterocycles. The molecule has 1 aromatic rings. The minimum atomic E-state index is -0.184. The normalized spacial score (nSPS) is 27.1. The van der Waals surface area contributed by atoms with Gasteiger partial charge in [-0.05, 0) is 52.2 Å². The Morgan fingerprint density at radius 3 is 2.59 bits per heavy atom. The Morgan fingerprint density at radius 1 is 1.35 bits per heavy atom. The van der Waals surface area contributed by atoms with E-state index in [1.807, 2.05) is 6.07 Å². The molecule has 0 aliphatic heterocycles. The van der Waals surface area contributed by atoms with Crippen LogP contribution in [-0.2, 0) is 0 Å². The topological polar surface area (TPSA) is 12.0 Å². The molecule has 3 heteroatoms. The monoisotopic (exact) mass is 299 g/mol. The molecule has 1 nitrogen and oxygen atoms in total. The average Bonchev–Trinajstić information content (AvgIpc) is 2.46. The van der Waals surface area contributed by atoms with Gasteiger partial charge in [0.05, 0.1) is 5.69 Å². The number of nitrogens with one attached hydrogen (secondary N) is 1. The van der Waals surface area contributed by atoms with Crippen molar-refractivity contribution in [1.29, 1.82) is 0 Å². The summed E-state index contributed by atoms with van der Waals surface area (Å²) in [7, 11) is 0. The molecule has 94 valence electrons. The highest BCUT2D eigenvalue weighted by Crippen LogP contribution is 2.42. The smallest absolute Gasteiger partial charge is 0.147 e. The SMILES string of the molecule is CC1CC(C)(C)CC1Nc1c(F)cccc1Br. The fraction of sp³-hybridized carbons (Fsp3) is 0.571. The molecular weight excluding hydrogens is 281 g/mol. The van der Waals surface area contributed by atoms with E-state index in [1.165, 1.54) is 12.5 Å². The van der Waals surface area contributed by atoms with Gasteiger partial charge in [-0.25, -0.2) is 4.39 Å². The number of benzene rings is 1. The van der Waals surface area contributed by atoms with Crippen LogP contribution in [0.1, 0.15) is 33.6 Å². The van der Waals surface area contributed by atoms with E-state index >= 15 is 0 Å². The largest absolute Gasteiger partial charge is 0.379 e. The highest BCUT2D eigenvalue weighted by atomic mass is 79.9. The van der Waals surface area contributed by atoms with E-state index in [0.717, 1.165) is 10.9 Å². The summed E-state index contributed by atoms with van der Waals surface area (Å²) in [6.45, 7) is 6.80. The summed E-state index contributed by atoms with van der Waals surface area (Å²) < 4.78 is 14.5. The highest BCUT2D eigenvalue weighted by Gasteiger charge is 2.36. The number of halogens is 2. The molecule has 1 aromatic carbocycles. The van der Waals surface area contributed by atoms with Crippen LogP contribution < -0.4 is 5.32 Å². The van der Waals surface area contributed by atoms with Crippen molar-refractivity contribution in [3.05, 3.63) is 28.5 Å². The lowest BCUT2D eigenvalue weighted by atomic mass is 9.91. The predicted molar refractivity (Wildman–Crippen MR) is 73.7 cm³/mol. The van der Waals surface area contributed by atoms with Crippen molar-refractivity contribution in [2.45, 2.75) is 39.7 Å². The Bertz CT molecular complexity index is 396.